The van der Waals surface area contributed by atoms with E-state index in [0.29, 0.717) is 0 Å². The van der Waals surface area contributed by atoms with Gasteiger partial charge in [0.1, 0.15) is 0 Å². The van der Waals surface area contributed by atoms with E-state index in [1.807, 2.05) is 18.2 Å². The summed E-state index contributed by atoms with van der Waals surface area (Å²) in [6, 6.07) is 9.09. The van der Waals surface area contributed by atoms with Crippen molar-refractivity contribution < 1.29 is 9.47 Å². The van der Waals surface area contributed by atoms with Gasteiger partial charge in [0.15, 0.2) is 0 Å². The summed E-state index contributed by atoms with van der Waals surface area (Å²) in [5.74, 6) is 0. The van der Waals surface area contributed by atoms with Crippen molar-refractivity contribution in [3.05, 3.63) is 34.3 Å². The highest BCUT2D eigenvalue weighted by atomic mass is 79.9. The number of rotatable bonds is 4. The van der Waals surface area contributed by atoms with Crippen LogP contribution in [-0.4, -0.2) is 51.0 Å². The highest BCUT2D eigenvalue weighted by Crippen LogP contribution is 2.22. The molecule has 1 aliphatic heterocycles. The highest BCUT2D eigenvalue weighted by molar-refractivity contribution is 9.10. The van der Waals surface area contributed by atoms with E-state index >= 15 is 0 Å². The third-order valence-corrected chi connectivity index (χ3v) is 5.44. The van der Waals surface area contributed by atoms with E-state index in [0.717, 1.165) is 36.8 Å². The van der Waals surface area contributed by atoms with Crippen LogP contribution in [0.4, 0.5) is 0 Å². The molecule has 1 saturated carbocycles. The standard InChI is InChI=1S/C10H19NO.C9H11BrO/c1-2-4-10(5-3-1)11-6-8-12-9-7-11;1-11-7-6-8-4-2-3-5-9(8)10/h10H,1-9H2;2-5H,6-7H2,1H3. The predicted octanol–water partition coefficient (Wildman–Crippen LogP) is 4.29. The summed E-state index contributed by atoms with van der Waals surface area (Å²) in [5.41, 5.74) is 1.30. The fourth-order valence-corrected chi connectivity index (χ4v) is 3.78. The number of hydrogen-bond donors (Lipinski definition) is 0. The Labute approximate surface area is 149 Å². The maximum atomic E-state index is 5.35. The quantitative estimate of drug-likeness (QED) is 0.773. The van der Waals surface area contributed by atoms with Gasteiger partial charge in [-0.15, -0.1) is 0 Å². The number of hydrogen-bond acceptors (Lipinski definition) is 3. The molecule has 1 aromatic carbocycles. The molecule has 0 atom stereocenters. The Bertz CT molecular complexity index is 413. The summed E-state index contributed by atoms with van der Waals surface area (Å²) in [7, 11) is 1.72. The zero-order valence-electron chi connectivity index (χ0n) is 14.3. The summed E-state index contributed by atoms with van der Waals surface area (Å²) in [5, 5.41) is 0. The molecule has 0 amide bonds. The van der Waals surface area contributed by atoms with Crippen LogP contribution in [0.5, 0.6) is 0 Å². The Kier molecular flexibility index (Phi) is 9.20. The van der Waals surface area contributed by atoms with Gasteiger partial charge in [-0.3, -0.25) is 4.90 Å². The molecular weight excluding hydrogens is 354 g/mol. The molecule has 0 radical (unpaired) electrons. The Hall–Kier alpha value is -0.420. The second kappa shape index (κ2) is 11.2. The average molecular weight is 384 g/mol. The van der Waals surface area contributed by atoms with Gasteiger partial charge >= 0.3 is 0 Å². The van der Waals surface area contributed by atoms with Gasteiger partial charge < -0.3 is 9.47 Å². The molecular formula is C19H30BrNO2. The molecule has 130 valence electrons. The monoisotopic (exact) mass is 383 g/mol. The second-order valence-electron chi connectivity index (χ2n) is 6.27. The van der Waals surface area contributed by atoms with Crippen LogP contribution in [0.1, 0.15) is 37.7 Å². The average Bonchev–Trinajstić information content (AvgIpc) is 2.63. The van der Waals surface area contributed by atoms with Crippen molar-refractivity contribution in [1.29, 1.82) is 0 Å². The molecule has 0 spiro atoms. The minimum Gasteiger partial charge on any atom is -0.384 e. The van der Waals surface area contributed by atoms with Gasteiger partial charge in [-0.05, 0) is 30.9 Å². The minimum absolute atomic E-state index is 0.780. The molecule has 0 N–H and O–H groups in total. The summed E-state index contributed by atoms with van der Waals surface area (Å²) < 4.78 is 11.5. The number of methoxy groups -OCH3 is 1. The molecule has 4 heteroatoms. The fraction of sp³-hybridized carbons (Fsp3) is 0.684. The number of ether oxygens (including phenoxy) is 2. The van der Waals surface area contributed by atoms with E-state index < -0.39 is 0 Å². The van der Waals surface area contributed by atoms with Crippen LogP contribution in [0.25, 0.3) is 0 Å². The Morgan fingerprint density at radius 2 is 1.83 bits per heavy atom. The van der Waals surface area contributed by atoms with Crippen molar-refractivity contribution >= 4 is 15.9 Å². The van der Waals surface area contributed by atoms with Gasteiger partial charge in [-0.1, -0.05) is 53.4 Å². The van der Waals surface area contributed by atoms with Crippen LogP contribution >= 0.6 is 15.9 Å². The first-order chi connectivity index (χ1) is 11.3. The third-order valence-electron chi connectivity index (χ3n) is 4.67. The third kappa shape index (κ3) is 6.92. The van der Waals surface area contributed by atoms with E-state index in [1.54, 1.807) is 7.11 Å². The van der Waals surface area contributed by atoms with Crippen molar-refractivity contribution in [2.24, 2.45) is 0 Å². The first-order valence-corrected chi connectivity index (χ1v) is 9.64. The number of nitrogens with zero attached hydrogens (tertiary/aromatic N) is 1. The van der Waals surface area contributed by atoms with Crippen LogP contribution < -0.4 is 0 Å². The Morgan fingerprint density at radius 3 is 2.48 bits per heavy atom. The molecule has 23 heavy (non-hydrogen) atoms. The first kappa shape index (κ1) is 18.9. The summed E-state index contributed by atoms with van der Waals surface area (Å²) in [6.45, 7) is 5.03. The Morgan fingerprint density at radius 1 is 1.13 bits per heavy atom. The molecule has 1 saturated heterocycles. The van der Waals surface area contributed by atoms with Gasteiger partial charge in [0.05, 0.1) is 19.8 Å². The van der Waals surface area contributed by atoms with Gasteiger partial charge in [0.25, 0.3) is 0 Å². The largest absolute Gasteiger partial charge is 0.384 e. The molecule has 1 heterocycles. The minimum atomic E-state index is 0.780. The van der Waals surface area contributed by atoms with E-state index in [-0.39, 0.29) is 0 Å². The van der Waals surface area contributed by atoms with Gasteiger partial charge in [0.2, 0.25) is 0 Å². The maximum absolute atomic E-state index is 5.35. The fourth-order valence-electron chi connectivity index (χ4n) is 3.30. The lowest BCUT2D eigenvalue weighted by Crippen LogP contribution is -2.44. The van der Waals surface area contributed by atoms with Crippen LogP contribution in [0.3, 0.4) is 0 Å². The number of halogens is 1. The smallest absolute Gasteiger partial charge is 0.0594 e. The molecule has 3 rings (SSSR count). The molecule has 1 aliphatic carbocycles. The zero-order chi connectivity index (χ0) is 16.3. The summed E-state index contributed by atoms with van der Waals surface area (Å²) in [6.07, 6.45) is 8.18. The lowest BCUT2D eigenvalue weighted by Gasteiger charge is -2.36. The van der Waals surface area contributed by atoms with E-state index in [9.17, 15) is 0 Å². The van der Waals surface area contributed by atoms with Crippen molar-refractivity contribution in [3.63, 3.8) is 0 Å². The predicted molar refractivity (Wildman–Crippen MR) is 99.0 cm³/mol. The molecule has 3 nitrogen and oxygen atoms in total. The van der Waals surface area contributed by atoms with Crippen LogP contribution in [-0.2, 0) is 15.9 Å². The lowest BCUT2D eigenvalue weighted by atomic mass is 9.94. The molecule has 2 aliphatic rings. The van der Waals surface area contributed by atoms with Crippen LogP contribution in [0, 0.1) is 0 Å². The molecule has 0 bridgehead atoms. The summed E-state index contributed by atoms with van der Waals surface area (Å²) >= 11 is 3.47. The van der Waals surface area contributed by atoms with E-state index in [2.05, 4.69) is 26.9 Å². The first-order valence-electron chi connectivity index (χ1n) is 8.85. The molecule has 2 fully saturated rings. The number of morpholine rings is 1. The topological polar surface area (TPSA) is 21.7 Å². The molecule has 0 aromatic heterocycles. The van der Waals surface area contributed by atoms with Crippen LogP contribution in [0.15, 0.2) is 28.7 Å². The number of benzene rings is 1. The lowest BCUT2D eigenvalue weighted by molar-refractivity contribution is 0.00858. The van der Waals surface area contributed by atoms with Gasteiger partial charge in [0, 0.05) is 30.7 Å². The van der Waals surface area contributed by atoms with E-state index in [1.165, 1.54) is 50.8 Å². The maximum Gasteiger partial charge on any atom is 0.0594 e. The molecule has 0 unspecified atom stereocenters. The Balaban J connectivity index is 0.000000168. The van der Waals surface area contributed by atoms with Crippen LogP contribution in [0.2, 0.25) is 0 Å². The van der Waals surface area contributed by atoms with Gasteiger partial charge in [-0.25, -0.2) is 0 Å². The van der Waals surface area contributed by atoms with Crippen molar-refractivity contribution in [1.82, 2.24) is 4.90 Å². The summed E-state index contributed by atoms with van der Waals surface area (Å²) in [4.78, 5) is 2.63. The SMILES string of the molecule is C1CCC(N2CCOCC2)CC1.COCCc1ccccc1Br. The second-order valence-corrected chi connectivity index (χ2v) is 7.13. The zero-order valence-corrected chi connectivity index (χ0v) is 15.9. The molecule has 1 aromatic rings. The van der Waals surface area contributed by atoms with Crippen molar-refractivity contribution in [2.45, 2.75) is 44.6 Å². The van der Waals surface area contributed by atoms with Gasteiger partial charge in [-0.2, -0.15) is 0 Å². The van der Waals surface area contributed by atoms with Crippen molar-refractivity contribution in [2.75, 3.05) is 40.0 Å². The van der Waals surface area contributed by atoms with Crippen molar-refractivity contribution in [3.8, 4) is 0 Å². The van der Waals surface area contributed by atoms with E-state index in [4.69, 9.17) is 9.47 Å². The normalized spacial score (nSPS) is 19.9. The highest BCUT2D eigenvalue weighted by Gasteiger charge is 2.22.